The van der Waals surface area contributed by atoms with Crippen LogP contribution >= 0.6 is 0 Å². The maximum atomic E-state index is 12.4. The largest absolute Gasteiger partial charge is 0.506 e. The third kappa shape index (κ3) is 2.13. The summed E-state index contributed by atoms with van der Waals surface area (Å²) in [6.07, 6.45) is 0.659. The van der Waals surface area contributed by atoms with E-state index in [1.165, 1.54) is 0 Å². The van der Waals surface area contributed by atoms with Crippen LogP contribution in [0.5, 0.6) is 5.75 Å². The molecule has 0 spiro atoms. The molecule has 4 heteroatoms. The summed E-state index contributed by atoms with van der Waals surface area (Å²) in [5.74, 6) is -0.0863. The summed E-state index contributed by atoms with van der Waals surface area (Å²) in [4.78, 5) is 15.2. The van der Waals surface area contributed by atoms with E-state index in [-0.39, 0.29) is 16.9 Å². The first-order chi connectivity index (χ1) is 10.7. The van der Waals surface area contributed by atoms with E-state index < -0.39 is 0 Å². The van der Waals surface area contributed by atoms with Crippen molar-refractivity contribution in [1.29, 1.82) is 5.26 Å². The van der Waals surface area contributed by atoms with Crippen molar-refractivity contribution in [3.63, 3.8) is 0 Å². The molecular weight excluding hydrogens is 276 g/mol. The van der Waals surface area contributed by atoms with Gasteiger partial charge < -0.3 is 10.1 Å². The van der Waals surface area contributed by atoms with Gasteiger partial charge in [0.25, 0.3) is 5.56 Å². The Morgan fingerprint density at radius 1 is 1.23 bits per heavy atom. The first-order valence-electron chi connectivity index (χ1n) is 7.03. The highest BCUT2D eigenvalue weighted by atomic mass is 16.3. The van der Waals surface area contributed by atoms with Gasteiger partial charge in [0, 0.05) is 5.39 Å². The number of aromatic hydroxyl groups is 1. The number of hydrogen-bond acceptors (Lipinski definition) is 3. The van der Waals surface area contributed by atoms with E-state index in [9.17, 15) is 9.90 Å². The molecule has 22 heavy (non-hydrogen) atoms. The van der Waals surface area contributed by atoms with Gasteiger partial charge in [-0.15, -0.1) is 0 Å². The van der Waals surface area contributed by atoms with Crippen LogP contribution in [0.25, 0.3) is 22.0 Å². The summed E-state index contributed by atoms with van der Waals surface area (Å²) in [7, 11) is 0. The van der Waals surface area contributed by atoms with Gasteiger partial charge >= 0.3 is 0 Å². The van der Waals surface area contributed by atoms with Gasteiger partial charge in [0.05, 0.1) is 22.7 Å². The molecule has 0 aliphatic heterocycles. The molecule has 0 unspecified atom stereocenters. The molecule has 0 fully saturated rings. The second kappa shape index (κ2) is 5.38. The number of aromatic amines is 1. The molecule has 4 nitrogen and oxygen atoms in total. The Kier molecular flexibility index (Phi) is 3.40. The smallest absolute Gasteiger partial charge is 0.260 e. The molecule has 0 atom stereocenters. The van der Waals surface area contributed by atoms with Gasteiger partial charge in [-0.25, -0.2) is 0 Å². The molecule has 108 valence electrons. The normalized spacial score (nSPS) is 10.5. The fourth-order valence-corrected chi connectivity index (χ4v) is 2.67. The average molecular weight is 290 g/mol. The number of nitrogens with zero attached hydrogens (tertiary/aromatic N) is 1. The number of nitriles is 1. The van der Waals surface area contributed by atoms with Crippen molar-refractivity contribution in [3.05, 3.63) is 63.9 Å². The minimum absolute atomic E-state index is 0.0863. The molecule has 0 aliphatic rings. The minimum atomic E-state index is -0.337. The van der Waals surface area contributed by atoms with Crippen molar-refractivity contribution in [2.75, 3.05) is 0 Å². The Bertz CT molecular complexity index is 951. The first-order valence-corrected chi connectivity index (χ1v) is 7.03. The topological polar surface area (TPSA) is 76.9 Å². The van der Waals surface area contributed by atoms with Gasteiger partial charge in [-0.1, -0.05) is 37.3 Å². The number of aryl methyl sites for hydroxylation is 1. The van der Waals surface area contributed by atoms with E-state index in [0.29, 0.717) is 28.5 Å². The highest BCUT2D eigenvalue weighted by Gasteiger charge is 2.16. The zero-order valence-corrected chi connectivity index (χ0v) is 12.1. The molecule has 0 saturated carbocycles. The Labute approximate surface area is 127 Å². The van der Waals surface area contributed by atoms with Crippen molar-refractivity contribution in [1.82, 2.24) is 4.98 Å². The number of rotatable bonds is 2. The summed E-state index contributed by atoms with van der Waals surface area (Å²) < 4.78 is 0. The van der Waals surface area contributed by atoms with Crippen molar-refractivity contribution in [3.8, 4) is 22.9 Å². The van der Waals surface area contributed by atoms with Gasteiger partial charge in [0.1, 0.15) is 5.75 Å². The molecule has 2 aromatic carbocycles. The Morgan fingerprint density at radius 2 is 1.95 bits per heavy atom. The Balaban J connectivity index is 2.43. The number of H-pyrrole nitrogens is 1. The van der Waals surface area contributed by atoms with E-state index in [1.54, 1.807) is 24.3 Å². The fraction of sp³-hybridized carbons (Fsp3) is 0.111. The first kappa shape index (κ1) is 13.9. The number of hydrogen-bond donors (Lipinski definition) is 2. The van der Waals surface area contributed by atoms with Gasteiger partial charge in [-0.3, -0.25) is 4.79 Å². The van der Waals surface area contributed by atoms with Gasteiger partial charge in [0.2, 0.25) is 0 Å². The SMILES string of the molecule is CCc1cc(C#N)cc2c(O)c(-c3ccccc3)c(=O)[nH]c12. The van der Waals surface area contributed by atoms with Crippen LogP contribution in [0.3, 0.4) is 0 Å². The lowest BCUT2D eigenvalue weighted by Gasteiger charge is -2.11. The molecule has 2 N–H and O–H groups in total. The average Bonchev–Trinajstić information content (AvgIpc) is 2.55. The number of benzene rings is 2. The lowest BCUT2D eigenvalue weighted by molar-refractivity contribution is 0.482. The van der Waals surface area contributed by atoms with Crippen molar-refractivity contribution in [2.24, 2.45) is 0 Å². The van der Waals surface area contributed by atoms with Gasteiger partial charge in [-0.05, 0) is 29.7 Å². The maximum Gasteiger partial charge on any atom is 0.260 e. The molecule has 0 saturated heterocycles. The van der Waals surface area contributed by atoms with Crippen LogP contribution in [0.15, 0.2) is 47.3 Å². The van der Waals surface area contributed by atoms with Crippen LogP contribution in [0.2, 0.25) is 0 Å². The predicted octanol–water partition coefficient (Wildman–Crippen LogP) is 3.33. The third-order valence-corrected chi connectivity index (χ3v) is 3.75. The zero-order chi connectivity index (χ0) is 15.7. The standard InChI is InChI=1S/C18H14N2O2/c1-2-12-8-11(10-19)9-14-16(12)20-18(22)15(17(14)21)13-6-4-3-5-7-13/h3-9H,2H2,1H3,(H2,20,21,22). The zero-order valence-electron chi connectivity index (χ0n) is 12.1. The fourth-order valence-electron chi connectivity index (χ4n) is 2.67. The second-order valence-electron chi connectivity index (χ2n) is 5.07. The van der Waals surface area contributed by atoms with Crippen LogP contribution in [-0.4, -0.2) is 10.1 Å². The van der Waals surface area contributed by atoms with E-state index in [2.05, 4.69) is 11.1 Å². The molecule has 0 amide bonds. The molecule has 1 heterocycles. The van der Waals surface area contributed by atoms with E-state index in [1.807, 2.05) is 25.1 Å². The minimum Gasteiger partial charge on any atom is -0.506 e. The molecule has 1 aromatic heterocycles. The quantitative estimate of drug-likeness (QED) is 0.760. The lowest BCUT2D eigenvalue weighted by Crippen LogP contribution is -2.10. The molecule has 3 rings (SSSR count). The number of fused-ring (bicyclic) bond motifs is 1. The van der Waals surface area contributed by atoms with E-state index in [4.69, 9.17) is 5.26 Å². The van der Waals surface area contributed by atoms with Crippen LogP contribution in [0, 0.1) is 11.3 Å². The molecule has 0 aliphatic carbocycles. The Morgan fingerprint density at radius 3 is 2.59 bits per heavy atom. The summed E-state index contributed by atoms with van der Waals surface area (Å²) >= 11 is 0. The van der Waals surface area contributed by atoms with Crippen molar-refractivity contribution in [2.45, 2.75) is 13.3 Å². The highest BCUT2D eigenvalue weighted by molar-refractivity contribution is 5.94. The Hall–Kier alpha value is -3.06. The molecule has 0 bridgehead atoms. The second-order valence-corrected chi connectivity index (χ2v) is 5.07. The number of pyridine rings is 1. The van der Waals surface area contributed by atoms with E-state index >= 15 is 0 Å². The number of nitrogens with one attached hydrogen (secondary N) is 1. The van der Waals surface area contributed by atoms with Crippen LogP contribution < -0.4 is 5.56 Å². The maximum absolute atomic E-state index is 12.4. The highest BCUT2D eigenvalue weighted by Crippen LogP contribution is 2.33. The number of aromatic nitrogens is 1. The van der Waals surface area contributed by atoms with Crippen LogP contribution in [0.1, 0.15) is 18.1 Å². The molecule has 3 aromatic rings. The molecule has 0 radical (unpaired) electrons. The van der Waals surface area contributed by atoms with Crippen LogP contribution in [0.4, 0.5) is 0 Å². The lowest BCUT2D eigenvalue weighted by atomic mass is 9.99. The van der Waals surface area contributed by atoms with Gasteiger partial charge in [-0.2, -0.15) is 5.26 Å². The van der Waals surface area contributed by atoms with Crippen LogP contribution in [-0.2, 0) is 6.42 Å². The monoisotopic (exact) mass is 290 g/mol. The summed E-state index contributed by atoms with van der Waals surface area (Å²) in [5, 5.41) is 20.2. The summed E-state index contributed by atoms with van der Waals surface area (Å²) in [6, 6.07) is 14.4. The van der Waals surface area contributed by atoms with Crippen molar-refractivity contribution >= 4 is 10.9 Å². The van der Waals surface area contributed by atoms with Crippen molar-refractivity contribution < 1.29 is 5.11 Å². The summed E-state index contributed by atoms with van der Waals surface area (Å²) in [5.41, 5.74) is 2.42. The predicted molar refractivity (Wildman–Crippen MR) is 85.8 cm³/mol. The van der Waals surface area contributed by atoms with Gasteiger partial charge in [0.15, 0.2) is 0 Å². The molecular formula is C18H14N2O2. The summed E-state index contributed by atoms with van der Waals surface area (Å²) in [6.45, 7) is 1.94. The van der Waals surface area contributed by atoms with E-state index in [0.717, 1.165) is 5.56 Å². The third-order valence-electron chi connectivity index (χ3n) is 3.75.